The lowest BCUT2D eigenvalue weighted by Gasteiger charge is -2.24. The molecule has 2 N–H and O–H groups in total. The summed E-state index contributed by atoms with van der Waals surface area (Å²) in [6.07, 6.45) is 0. The SMILES string of the molecule is N#Cc1cc(F)c(O)c([C@H]2COCCN2)c1. The summed E-state index contributed by atoms with van der Waals surface area (Å²) < 4.78 is 18.5. The molecule has 0 radical (unpaired) electrons. The zero-order valence-electron chi connectivity index (χ0n) is 8.53. The number of benzene rings is 1. The topological polar surface area (TPSA) is 65.3 Å². The van der Waals surface area contributed by atoms with Crippen LogP contribution in [0.25, 0.3) is 0 Å². The molecule has 2 rings (SSSR count). The van der Waals surface area contributed by atoms with Gasteiger partial charge in [0, 0.05) is 12.1 Å². The first kappa shape index (κ1) is 10.9. The zero-order valence-corrected chi connectivity index (χ0v) is 8.53. The second kappa shape index (κ2) is 4.47. The molecule has 4 nitrogen and oxygen atoms in total. The molecule has 1 aliphatic rings. The number of hydrogen-bond donors (Lipinski definition) is 2. The number of morpholine rings is 1. The van der Waals surface area contributed by atoms with Gasteiger partial charge in [-0.05, 0) is 12.1 Å². The van der Waals surface area contributed by atoms with E-state index in [0.29, 0.717) is 25.3 Å². The number of phenols is 1. The van der Waals surface area contributed by atoms with Crippen molar-refractivity contribution in [2.45, 2.75) is 6.04 Å². The molecule has 0 unspecified atom stereocenters. The minimum absolute atomic E-state index is 0.192. The van der Waals surface area contributed by atoms with Crippen molar-refractivity contribution in [3.8, 4) is 11.8 Å². The van der Waals surface area contributed by atoms with Gasteiger partial charge in [0.15, 0.2) is 11.6 Å². The maximum Gasteiger partial charge on any atom is 0.166 e. The first-order valence-electron chi connectivity index (χ1n) is 4.96. The highest BCUT2D eigenvalue weighted by Crippen LogP contribution is 2.29. The largest absolute Gasteiger partial charge is 0.505 e. The van der Waals surface area contributed by atoms with Crippen molar-refractivity contribution in [3.05, 3.63) is 29.1 Å². The van der Waals surface area contributed by atoms with E-state index < -0.39 is 11.6 Å². The number of nitriles is 1. The smallest absolute Gasteiger partial charge is 0.166 e. The van der Waals surface area contributed by atoms with E-state index in [1.807, 2.05) is 6.07 Å². The summed E-state index contributed by atoms with van der Waals surface area (Å²) in [7, 11) is 0. The van der Waals surface area contributed by atoms with E-state index in [-0.39, 0.29) is 11.6 Å². The van der Waals surface area contributed by atoms with Crippen LogP contribution >= 0.6 is 0 Å². The molecule has 0 aromatic heterocycles. The summed E-state index contributed by atoms with van der Waals surface area (Å²) in [5.74, 6) is -1.19. The number of aromatic hydroxyl groups is 1. The van der Waals surface area contributed by atoms with Crippen molar-refractivity contribution >= 4 is 0 Å². The van der Waals surface area contributed by atoms with E-state index >= 15 is 0 Å². The van der Waals surface area contributed by atoms with Gasteiger partial charge in [0.25, 0.3) is 0 Å². The van der Waals surface area contributed by atoms with E-state index in [4.69, 9.17) is 10.00 Å². The Morgan fingerprint density at radius 1 is 1.56 bits per heavy atom. The zero-order chi connectivity index (χ0) is 11.5. The first-order valence-corrected chi connectivity index (χ1v) is 4.96. The predicted octanol–water partition coefficient (Wildman–Crippen LogP) is 1.06. The summed E-state index contributed by atoms with van der Waals surface area (Å²) in [6, 6.07) is 4.08. The number of hydrogen-bond acceptors (Lipinski definition) is 4. The first-order chi connectivity index (χ1) is 7.72. The fourth-order valence-corrected chi connectivity index (χ4v) is 1.72. The maximum absolute atomic E-state index is 13.3. The summed E-state index contributed by atoms with van der Waals surface area (Å²) in [4.78, 5) is 0. The van der Waals surface area contributed by atoms with Gasteiger partial charge in [-0.15, -0.1) is 0 Å². The third-order valence-electron chi connectivity index (χ3n) is 2.52. The summed E-state index contributed by atoms with van der Waals surface area (Å²) >= 11 is 0. The molecule has 0 spiro atoms. The monoisotopic (exact) mass is 222 g/mol. The molecule has 0 bridgehead atoms. The Morgan fingerprint density at radius 3 is 3.00 bits per heavy atom. The van der Waals surface area contributed by atoms with Crippen molar-refractivity contribution < 1.29 is 14.2 Å². The Hall–Kier alpha value is -1.64. The number of nitrogens with one attached hydrogen (secondary N) is 1. The molecule has 0 amide bonds. The Balaban J connectivity index is 2.38. The lowest BCUT2D eigenvalue weighted by Crippen LogP contribution is -2.34. The lowest BCUT2D eigenvalue weighted by atomic mass is 10.0. The molecular formula is C11H11FN2O2. The van der Waals surface area contributed by atoms with Crippen LogP contribution in [0.15, 0.2) is 12.1 Å². The molecule has 16 heavy (non-hydrogen) atoms. The standard InChI is InChI=1S/C11H11FN2O2/c12-9-4-7(5-13)3-8(11(9)15)10-6-16-2-1-14-10/h3-4,10,14-15H,1-2,6H2/t10-/m1/s1. The van der Waals surface area contributed by atoms with E-state index in [0.717, 1.165) is 6.07 Å². The van der Waals surface area contributed by atoms with Crippen molar-refractivity contribution in [1.82, 2.24) is 5.32 Å². The molecule has 5 heteroatoms. The van der Waals surface area contributed by atoms with Crippen molar-refractivity contribution in [2.75, 3.05) is 19.8 Å². The van der Waals surface area contributed by atoms with Crippen LogP contribution in [0.4, 0.5) is 4.39 Å². The lowest BCUT2D eigenvalue weighted by molar-refractivity contribution is 0.0759. The summed E-state index contributed by atoms with van der Waals surface area (Å²) in [5.41, 5.74) is 0.564. The van der Waals surface area contributed by atoms with Crippen LogP contribution in [0.5, 0.6) is 5.75 Å². The van der Waals surface area contributed by atoms with Gasteiger partial charge in [0.1, 0.15) is 0 Å². The predicted molar refractivity (Wildman–Crippen MR) is 54.3 cm³/mol. The number of phenolic OH excluding ortho intramolecular Hbond substituents is 1. The highest BCUT2D eigenvalue weighted by molar-refractivity contribution is 5.44. The third-order valence-corrected chi connectivity index (χ3v) is 2.52. The van der Waals surface area contributed by atoms with Gasteiger partial charge in [-0.3, -0.25) is 0 Å². The fourth-order valence-electron chi connectivity index (χ4n) is 1.72. The highest BCUT2D eigenvalue weighted by atomic mass is 19.1. The summed E-state index contributed by atoms with van der Waals surface area (Å²) in [6.45, 7) is 1.60. The number of rotatable bonds is 1. The Labute approximate surface area is 92.3 Å². The second-order valence-corrected chi connectivity index (χ2v) is 3.59. The van der Waals surface area contributed by atoms with Crippen LogP contribution in [-0.4, -0.2) is 24.9 Å². The van der Waals surface area contributed by atoms with Crippen LogP contribution in [0, 0.1) is 17.1 Å². The van der Waals surface area contributed by atoms with Crippen molar-refractivity contribution in [2.24, 2.45) is 0 Å². The van der Waals surface area contributed by atoms with E-state index in [9.17, 15) is 9.50 Å². The van der Waals surface area contributed by atoms with Gasteiger partial charge < -0.3 is 15.2 Å². The molecule has 1 saturated heterocycles. The van der Waals surface area contributed by atoms with Gasteiger partial charge in [-0.1, -0.05) is 0 Å². The van der Waals surface area contributed by atoms with Crippen LogP contribution in [0.3, 0.4) is 0 Å². The number of halogens is 1. The van der Waals surface area contributed by atoms with Gasteiger partial charge in [0.2, 0.25) is 0 Å². The normalized spacial score (nSPS) is 20.4. The molecule has 1 atom stereocenters. The van der Waals surface area contributed by atoms with Crippen LogP contribution in [0.2, 0.25) is 0 Å². The van der Waals surface area contributed by atoms with Crippen molar-refractivity contribution in [1.29, 1.82) is 5.26 Å². The van der Waals surface area contributed by atoms with E-state index in [1.165, 1.54) is 6.07 Å². The molecule has 1 aromatic carbocycles. The molecule has 1 heterocycles. The number of nitrogens with zero attached hydrogens (tertiary/aromatic N) is 1. The summed E-state index contributed by atoms with van der Waals surface area (Å²) in [5, 5.41) is 21.4. The average molecular weight is 222 g/mol. The maximum atomic E-state index is 13.3. The van der Waals surface area contributed by atoms with Crippen LogP contribution in [0.1, 0.15) is 17.2 Å². The number of ether oxygens (including phenoxy) is 1. The molecule has 0 aliphatic carbocycles. The van der Waals surface area contributed by atoms with E-state index in [1.54, 1.807) is 0 Å². The Morgan fingerprint density at radius 2 is 2.38 bits per heavy atom. The Kier molecular flexibility index (Phi) is 3.04. The highest BCUT2D eigenvalue weighted by Gasteiger charge is 2.21. The minimum atomic E-state index is -0.776. The van der Waals surface area contributed by atoms with Gasteiger partial charge in [-0.25, -0.2) is 4.39 Å². The van der Waals surface area contributed by atoms with Gasteiger partial charge in [-0.2, -0.15) is 5.26 Å². The average Bonchev–Trinajstić information content (AvgIpc) is 2.33. The van der Waals surface area contributed by atoms with Crippen LogP contribution < -0.4 is 5.32 Å². The molecule has 1 aromatic rings. The molecule has 0 saturated carbocycles. The fraction of sp³-hybridized carbons (Fsp3) is 0.364. The van der Waals surface area contributed by atoms with Crippen LogP contribution in [-0.2, 0) is 4.74 Å². The second-order valence-electron chi connectivity index (χ2n) is 3.59. The quantitative estimate of drug-likeness (QED) is 0.745. The van der Waals surface area contributed by atoms with E-state index in [2.05, 4.69) is 5.32 Å². The third kappa shape index (κ3) is 1.98. The molecule has 1 fully saturated rings. The molecule has 84 valence electrons. The molecule has 1 aliphatic heterocycles. The van der Waals surface area contributed by atoms with Gasteiger partial charge >= 0.3 is 0 Å². The van der Waals surface area contributed by atoms with Crippen molar-refractivity contribution in [3.63, 3.8) is 0 Å². The Bertz CT molecular complexity index is 436. The minimum Gasteiger partial charge on any atom is -0.505 e. The van der Waals surface area contributed by atoms with Gasteiger partial charge in [0.05, 0.1) is 30.9 Å². The molecular weight excluding hydrogens is 211 g/mol.